The summed E-state index contributed by atoms with van der Waals surface area (Å²) in [4.78, 5) is 0. The Balaban J connectivity index is 2.37. The van der Waals surface area contributed by atoms with Gasteiger partial charge in [-0.1, -0.05) is 30.7 Å². The molecular weight excluding hydrogens is 210 g/mol. The molecule has 1 aromatic carbocycles. The lowest BCUT2D eigenvalue weighted by atomic mass is 10.2. The number of benzene rings is 1. The molecule has 0 spiro atoms. The molecule has 0 aliphatic rings. The minimum atomic E-state index is 0.184. The average molecular weight is 228 g/mol. The van der Waals surface area contributed by atoms with Gasteiger partial charge in [-0.3, -0.25) is 0 Å². The molecule has 0 aliphatic carbocycles. The van der Waals surface area contributed by atoms with Crippen molar-refractivity contribution in [2.45, 2.75) is 26.4 Å². The van der Waals surface area contributed by atoms with E-state index in [1.165, 1.54) is 0 Å². The predicted molar refractivity (Wildman–Crippen MR) is 64.7 cm³/mol. The molecule has 0 saturated heterocycles. The smallest absolute Gasteiger partial charge is 0.138 e. The first-order valence-corrected chi connectivity index (χ1v) is 5.73. The highest BCUT2D eigenvalue weighted by molar-refractivity contribution is 6.32. The maximum Gasteiger partial charge on any atom is 0.138 e. The Labute approximate surface area is 96.6 Å². The van der Waals surface area contributed by atoms with E-state index in [-0.39, 0.29) is 6.10 Å². The van der Waals surface area contributed by atoms with Gasteiger partial charge >= 0.3 is 0 Å². The third kappa shape index (κ3) is 4.54. The standard InChI is InChI=1S/C12H18ClNO/c1-3-14-9-8-10(2)15-12-7-5-4-6-11(12)13/h4-7,10,14H,3,8-9H2,1-2H3. The molecular formula is C12H18ClNO. The van der Waals surface area contributed by atoms with Gasteiger partial charge in [-0.05, 0) is 38.6 Å². The number of halogens is 1. The van der Waals surface area contributed by atoms with Gasteiger partial charge in [0.25, 0.3) is 0 Å². The molecule has 2 nitrogen and oxygen atoms in total. The van der Waals surface area contributed by atoms with Crippen LogP contribution in [0.4, 0.5) is 0 Å². The molecule has 0 saturated carbocycles. The van der Waals surface area contributed by atoms with E-state index in [1.54, 1.807) is 0 Å². The highest BCUT2D eigenvalue weighted by Crippen LogP contribution is 2.24. The lowest BCUT2D eigenvalue weighted by Gasteiger charge is -2.15. The van der Waals surface area contributed by atoms with E-state index in [9.17, 15) is 0 Å². The Morgan fingerprint density at radius 1 is 1.40 bits per heavy atom. The number of nitrogens with one attached hydrogen (secondary N) is 1. The highest BCUT2D eigenvalue weighted by atomic mass is 35.5. The van der Waals surface area contributed by atoms with Crippen LogP contribution in [-0.2, 0) is 0 Å². The van der Waals surface area contributed by atoms with Gasteiger partial charge in [-0.25, -0.2) is 0 Å². The molecule has 0 amide bonds. The Kier molecular flexibility index (Phi) is 5.51. The first-order valence-electron chi connectivity index (χ1n) is 5.36. The molecule has 1 atom stereocenters. The second kappa shape index (κ2) is 6.70. The SMILES string of the molecule is CCNCCC(C)Oc1ccccc1Cl. The fourth-order valence-corrected chi connectivity index (χ4v) is 1.48. The molecule has 0 bridgehead atoms. The summed E-state index contributed by atoms with van der Waals surface area (Å²) in [6.07, 6.45) is 1.17. The number of ether oxygens (including phenoxy) is 1. The average Bonchev–Trinajstić information content (AvgIpc) is 2.22. The van der Waals surface area contributed by atoms with Crippen LogP contribution < -0.4 is 10.1 Å². The van der Waals surface area contributed by atoms with Crippen molar-refractivity contribution in [1.82, 2.24) is 5.32 Å². The number of hydrogen-bond donors (Lipinski definition) is 1. The number of hydrogen-bond acceptors (Lipinski definition) is 2. The van der Waals surface area contributed by atoms with Crippen LogP contribution >= 0.6 is 11.6 Å². The zero-order chi connectivity index (χ0) is 11.1. The monoisotopic (exact) mass is 227 g/mol. The van der Waals surface area contributed by atoms with Gasteiger partial charge in [0, 0.05) is 0 Å². The van der Waals surface area contributed by atoms with Crippen molar-refractivity contribution in [1.29, 1.82) is 0 Å². The van der Waals surface area contributed by atoms with Gasteiger partial charge in [0.05, 0.1) is 11.1 Å². The molecule has 15 heavy (non-hydrogen) atoms. The summed E-state index contributed by atoms with van der Waals surface area (Å²) in [7, 11) is 0. The van der Waals surface area contributed by atoms with E-state index in [4.69, 9.17) is 16.3 Å². The zero-order valence-electron chi connectivity index (χ0n) is 9.29. The van der Waals surface area contributed by atoms with Crippen molar-refractivity contribution in [3.8, 4) is 5.75 Å². The number of para-hydroxylation sites is 1. The summed E-state index contributed by atoms with van der Waals surface area (Å²) in [6.45, 7) is 6.13. The Morgan fingerprint density at radius 2 is 2.13 bits per heavy atom. The van der Waals surface area contributed by atoms with Gasteiger partial charge in [0.1, 0.15) is 5.75 Å². The summed E-state index contributed by atoms with van der Waals surface area (Å²) in [5.41, 5.74) is 0. The summed E-state index contributed by atoms with van der Waals surface area (Å²) >= 11 is 5.99. The predicted octanol–water partition coefficient (Wildman–Crippen LogP) is 3.11. The molecule has 84 valence electrons. The topological polar surface area (TPSA) is 21.3 Å². The van der Waals surface area contributed by atoms with Gasteiger partial charge in [0.2, 0.25) is 0 Å². The number of rotatable bonds is 6. The Morgan fingerprint density at radius 3 is 2.80 bits per heavy atom. The van der Waals surface area contributed by atoms with Crippen LogP contribution in [0.1, 0.15) is 20.3 Å². The van der Waals surface area contributed by atoms with Crippen molar-refractivity contribution in [2.75, 3.05) is 13.1 Å². The summed E-state index contributed by atoms with van der Waals surface area (Å²) in [5.74, 6) is 0.767. The third-order valence-corrected chi connectivity index (χ3v) is 2.45. The normalized spacial score (nSPS) is 12.5. The van der Waals surface area contributed by atoms with Crippen LogP contribution in [-0.4, -0.2) is 19.2 Å². The lowest BCUT2D eigenvalue weighted by Crippen LogP contribution is -2.22. The van der Waals surface area contributed by atoms with Gasteiger partial charge in [0.15, 0.2) is 0 Å². The van der Waals surface area contributed by atoms with Crippen molar-refractivity contribution in [3.05, 3.63) is 29.3 Å². The lowest BCUT2D eigenvalue weighted by molar-refractivity contribution is 0.210. The van der Waals surface area contributed by atoms with Crippen LogP contribution in [0.15, 0.2) is 24.3 Å². The van der Waals surface area contributed by atoms with Crippen LogP contribution in [0, 0.1) is 0 Å². The first-order chi connectivity index (χ1) is 7.24. The maximum absolute atomic E-state index is 5.99. The van der Waals surface area contributed by atoms with E-state index in [0.717, 1.165) is 25.3 Å². The molecule has 0 fully saturated rings. The largest absolute Gasteiger partial charge is 0.489 e. The molecule has 0 radical (unpaired) electrons. The van der Waals surface area contributed by atoms with E-state index in [1.807, 2.05) is 24.3 Å². The second-order valence-corrected chi connectivity index (χ2v) is 3.91. The van der Waals surface area contributed by atoms with E-state index >= 15 is 0 Å². The van der Waals surface area contributed by atoms with E-state index in [0.29, 0.717) is 5.02 Å². The van der Waals surface area contributed by atoms with E-state index < -0.39 is 0 Å². The quantitative estimate of drug-likeness (QED) is 0.755. The van der Waals surface area contributed by atoms with Crippen LogP contribution in [0.5, 0.6) is 5.75 Å². The second-order valence-electron chi connectivity index (χ2n) is 3.50. The van der Waals surface area contributed by atoms with Gasteiger partial charge in [-0.15, -0.1) is 0 Å². The fraction of sp³-hybridized carbons (Fsp3) is 0.500. The molecule has 0 aliphatic heterocycles. The molecule has 1 N–H and O–H groups in total. The van der Waals surface area contributed by atoms with Crippen molar-refractivity contribution in [3.63, 3.8) is 0 Å². The minimum absolute atomic E-state index is 0.184. The zero-order valence-corrected chi connectivity index (χ0v) is 10.1. The molecule has 0 aromatic heterocycles. The summed E-state index contributed by atoms with van der Waals surface area (Å²) in [6, 6.07) is 7.57. The molecule has 0 heterocycles. The van der Waals surface area contributed by atoms with E-state index in [2.05, 4.69) is 19.2 Å². The van der Waals surface area contributed by atoms with Crippen LogP contribution in [0.3, 0.4) is 0 Å². The van der Waals surface area contributed by atoms with Crippen molar-refractivity contribution < 1.29 is 4.74 Å². The fourth-order valence-electron chi connectivity index (χ4n) is 1.30. The van der Waals surface area contributed by atoms with Crippen LogP contribution in [0.2, 0.25) is 5.02 Å². The summed E-state index contributed by atoms with van der Waals surface area (Å²) in [5, 5.41) is 3.94. The van der Waals surface area contributed by atoms with Crippen molar-refractivity contribution >= 4 is 11.6 Å². The maximum atomic E-state index is 5.99. The first kappa shape index (κ1) is 12.3. The highest BCUT2D eigenvalue weighted by Gasteiger charge is 2.05. The van der Waals surface area contributed by atoms with Gasteiger partial charge in [-0.2, -0.15) is 0 Å². The molecule has 1 rings (SSSR count). The Bertz CT molecular complexity index is 291. The molecule has 1 unspecified atom stereocenters. The molecule has 3 heteroatoms. The summed E-state index contributed by atoms with van der Waals surface area (Å²) < 4.78 is 5.72. The Hall–Kier alpha value is -0.730. The third-order valence-electron chi connectivity index (χ3n) is 2.14. The van der Waals surface area contributed by atoms with Crippen molar-refractivity contribution in [2.24, 2.45) is 0 Å². The molecule has 1 aromatic rings. The van der Waals surface area contributed by atoms with Gasteiger partial charge < -0.3 is 10.1 Å². The van der Waals surface area contributed by atoms with Crippen LogP contribution in [0.25, 0.3) is 0 Å². The minimum Gasteiger partial charge on any atom is -0.489 e.